The van der Waals surface area contributed by atoms with Crippen LogP contribution in [0.15, 0.2) is 24.3 Å². The fourth-order valence-corrected chi connectivity index (χ4v) is 1.60. The molecule has 0 saturated carbocycles. The maximum absolute atomic E-state index is 10.7. The molecule has 0 amide bonds. The van der Waals surface area contributed by atoms with E-state index < -0.39 is 10.1 Å². The Morgan fingerprint density at radius 2 is 1.61 bits per heavy atom. The van der Waals surface area contributed by atoms with Crippen LogP contribution in [-0.4, -0.2) is 34.0 Å². The summed E-state index contributed by atoms with van der Waals surface area (Å²) in [6, 6.07) is 7.12. The van der Waals surface area contributed by atoms with Gasteiger partial charge in [0.25, 0.3) is 10.1 Å². The van der Waals surface area contributed by atoms with Gasteiger partial charge in [-0.25, -0.2) is 0 Å². The van der Waals surface area contributed by atoms with Crippen LogP contribution in [0.3, 0.4) is 0 Å². The summed E-state index contributed by atoms with van der Waals surface area (Å²) in [5, 5.41) is 0. The van der Waals surface area contributed by atoms with E-state index in [-0.39, 0.29) is 19.3 Å². The molecule has 0 aromatic heterocycles. The molecule has 0 spiro atoms. The van der Waals surface area contributed by atoms with Crippen molar-refractivity contribution in [1.29, 1.82) is 0 Å². The molecule has 0 aliphatic heterocycles. The van der Waals surface area contributed by atoms with Crippen LogP contribution >= 0.6 is 0 Å². The molecule has 1 rings (SSSR count). The fourth-order valence-electron chi connectivity index (χ4n) is 1.23. The van der Waals surface area contributed by atoms with Gasteiger partial charge in [-0.05, 0) is 38.1 Å². The van der Waals surface area contributed by atoms with Crippen LogP contribution in [0.25, 0.3) is 0 Å². The number of rotatable bonds is 7. The molecule has 6 heteroatoms. The highest BCUT2D eigenvalue weighted by Crippen LogP contribution is 2.18. The van der Waals surface area contributed by atoms with Crippen LogP contribution in [0.4, 0.5) is 0 Å². The minimum Gasteiger partial charge on any atom is -0.491 e. The lowest BCUT2D eigenvalue weighted by Crippen LogP contribution is -2.11. The molecular formula is C12H18O5S. The van der Waals surface area contributed by atoms with Crippen molar-refractivity contribution >= 4 is 10.1 Å². The number of ether oxygens (including phenoxy) is 2. The third kappa shape index (κ3) is 6.46. The number of hydrogen-bond acceptors (Lipinski definition) is 5. The number of hydrogen-bond donors (Lipinski definition) is 0. The van der Waals surface area contributed by atoms with Gasteiger partial charge in [0.15, 0.2) is 0 Å². The minimum atomic E-state index is -3.40. The molecule has 0 saturated heterocycles. The van der Waals surface area contributed by atoms with E-state index in [2.05, 4.69) is 4.18 Å². The molecular weight excluding hydrogens is 256 g/mol. The van der Waals surface area contributed by atoms with Crippen LogP contribution in [0.5, 0.6) is 11.5 Å². The van der Waals surface area contributed by atoms with Crippen LogP contribution in [-0.2, 0) is 14.3 Å². The molecule has 1 aromatic rings. The molecule has 0 N–H and O–H groups in total. The van der Waals surface area contributed by atoms with Gasteiger partial charge in [-0.2, -0.15) is 8.42 Å². The Kier molecular flexibility index (Phi) is 5.43. The van der Waals surface area contributed by atoms with Crippen LogP contribution < -0.4 is 9.47 Å². The van der Waals surface area contributed by atoms with Crippen molar-refractivity contribution < 1.29 is 22.1 Å². The lowest BCUT2D eigenvalue weighted by atomic mass is 10.3. The summed E-state index contributed by atoms with van der Waals surface area (Å²) in [6.07, 6.45) is 1.13. The average molecular weight is 274 g/mol. The van der Waals surface area contributed by atoms with Crippen molar-refractivity contribution in [2.24, 2.45) is 0 Å². The second kappa shape index (κ2) is 6.61. The van der Waals surface area contributed by atoms with E-state index >= 15 is 0 Å². The largest absolute Gasteiger partial charge is 0.491 e. The Morgan fingerprint density at radius 1 is 1.06 bits per heavy atom. The van der Waals surface area contributed by atoms with Crippen molar-refractivity contribution in [3.63, 3.8) is 0 Å². The lowest BCUT2D eigenvalue weighted by Gasteiger charge is -2.10. The van der Waals surface area contributed by atoms with Crippen LogP contribution in [0.1, 0.15) is 13.8 Å². The first-order valence-electron chi connectivity index (χ1n) is 5.61. The molecule has 0 unspecified atom stereocenters. The zero-order chi connectivity index (χ0) is 13.6. The van der Waals surface area contributed by atoms with E-state index in [0.717, 1.165) is 12.0 Å². The van der Waals surface area contributed by atoms with Gasteiger partial charge >= 0.3 is 0 Å². The van der Waals surface area contributed by atoms with Crippen molar-refractivity contribution in [1.82, 2.24) is 0 Å². The molecule has 18 heavy (non-hydrogen) atoms. The van der Waals surface area contributed by atoms with Gasteiger partial charge < -0.3 is 9.47 Å². The predicted octanol–water partition coefficient (Wildman–Crippen LogP) is 1.83. The van der Waals surface area contributed by atoms with Crippen LogP contribution in [0, 0.1) is 0 Å². The highest BCUT2D eigenvalue weighted by molar-refractivity contribution is 7.85. The van der Waals surface area contributed by atoms with Gasteiger partial charge in [-0.15, -0.1) is 0 Å². The summed E-state index contributed by atoms with van der Waals surface area (Å²) in [5.74, 6) is 1.41. The predicted molar refractivity (Wildman–Crippen MR) is 68.5 cm³/mol. The van der Waals surface area contributed by atoms with E-state index in [1.165, 1.54) is 0 Å². The van der Waals surface area contributed by atoms with Crippen molar-refractivity contribution in [3.8, 4) is 11.5 Å². The van der Waals surface area contributed by atoms with Crippen LogP contribution in [0.2, 0.25) is 0 Å². The zero-order valence-electron chi connectivity index (χ0n) is 10.8. The first kappa shape index (κ1) is 14.8. The fraction of sp³-hybridized carbons (Fsp3) is 0.500. The maximum atomic E-state index is 10.7. The summed E-state index contributed by atoms with van der Waals surface area (Å²) in [6.45, 7) is 4.08. The Morgan fingerprint density at radius 3 is 2.11 bits per heavy atom. The Bertz CT molecular complexity index is 450. The molecule has 0 atom stereocenters. The minimum absolute atomic E-state index is 0.00305. The average Bonchev–Trinajstić information content (AvgIpc) is 2.24. The molecule has 1 aromatic carbocycles. The van der Waals surface area contributed by atoms with E-state index in [4.69, 9.17) is 9.47 Å². The van der Waals surface area contributed by atoms with E-state index in [1.54, 1.807) is 24.3 Å². The summed E-state index contributed by atoms with van der Waals surface area (Å²) in [7, 11) is -3.40. The molecule has 0 bridgehead atoms. The van der Waals surface area contributed by atoms with Gasteiger partial charge in [0.05, 0.1) is 12.4 Å². The molecule has 0 heterocycles. The first-order chi connectivity index (χ1) is 8.37. The van der Waals surface area contributed by atoms with Crippen molar-refractivity contribution in [2.75, 3.05) is 19.5 Å². The monoisotopic (exact) mass is 274 g/mol. The van der Waals surface area contributed by atoms with Gasteiger partial charge in [-0.3, -0.25) is 4.18 Å². The first-order valence-corrected chi connectivity index (χ1v) is 7.42. The molecule has 0 radical (unpaired) electrons. The van der Waals surface area contributed by atoms with E-state index in [1.807, 2.05) is 13.8 Å². The molecule has 102 valence electrons. The van der Waals surface area contributed by atoms with Gasteiger partial charge in [0.2, 0.25) is 0 Å². The zero-order valence-corrected chi connectivity index (χ0v) is 11.6. The van der Waals surface area contributed by atoms with Crippen molar-refractivity contribution in [3.05, 3.63) is 24.3 Å². The van der Waals surface area contributed by atoms with Crippen molar-refractivity contribution in [2.45, 2.75) is 20.0 Å². The quantitative estimate of drug-likeness (QED) is 0.560. The Labute approximate surface area is 108 Å². The molecule has 0 aliphatic carbocycles. The maximum Gasteiger partial charge on any atom is 0.264 e. The SMILES string of the molecule is CC(C)Oc1ccc(OCCOS(C)(=O)=O)cc1. The van der Waals surface area contributed by atoms with E-state index in [0.29, 0.717) is 5.75 Å². The second-order valence-corrected chi connectivity index (χ2v) is 5.66. The smallest absolute Gasteiger partial charge is 0.264 e. The third-order valence-electron chi connectivity index (χ3n) is 1.84. The van der Waals surface area contributed by atoms with Gasteiger partial charge in [0.1, 0.15) is 24.7 Å². The lowest BCUT2D eigenvalue weighted by molar-refractivity contribution is 0.221. The molecule has 5 nitrogen and oxygen atoms in total. The van der Waals surface area contributed by atoms with E-state index in [9.17, 15) is 8.42 Å². The topological polar surface area (TPSA) is 61.8 Å². The summed E-state index contributed by atoms with van der Waals surface area (Å²) < 4.78 is 36.7. The highest BCUT2D eigenvalue weighted by Gasteiger charge is 2.02. The molecule has 0 fully saturated rings. The third-order valence-corrected chi connectivity index (χ3v) is 2.44. The Hall–Kier alpha value is -1.27. The summed E-state index contributed by atoms with van der Waals surface area (Å²) >= 11 is 0. The Balaban J connectivity index is 2.35. The number of benzene rings is 1. The van der Waals surface area contributed by atoms with Gasteiger partial charge in [-0.1, -0.05) is 0 Å². The van der Waals surface area contributed by atoms with Gasteiger partial charge in [0, 0.05) is 0 Å². The summed E-state index contributed by atoms with van der Waals surface area (Å²) in [4.78, 5) is 0. The highest BCUT2D eigenvalue weighted by atomic mass is 32.2. The molecule has 0 aliphatic rings. The second-order valence-electron chi connectivity index (χ2n) is 4.01. The standard InChI is InChI=1S/C12H18O5S/c1-10(2)17-12-6-4-11(5-7-12)15-8-9-16-18(3,13)14/h4-7,10H,8-9H2,1-3H3. The summed E-state index contributed by atoms with van der Waals surface area (Å²) in [5.41, 5.74) is 0. The normalized spacial score (nSPS) is 11.6.